The zero-order valence-electron chi connectivity index (χ0n) is 16.4. The largest absolute Gasteiger partial charge is 0.403 e. The molecule has 5 nitrogen and oxygen atoms in total. The zero-order chi connectivity index (χ0) is 20.9. The van der Waals surface area contributed by atoms with Gasteiger partial charge in [-0.1, -0.05) is 42.5 Å². The summed E-state index contributed by atoms with van der Waals surface area (Å²) in [6.07, 6.45) is 0. The van der Waals surface area contributed by atoms with Crippen molar-refractivity contribution in [1.82, 2.24) is 4.98 Å². The van der Waals surface area contributed by atoms with Crippen molar-refractivity contribution in [3.05, 3.63) is 94.3 Å². The Labute approximate surface area is 178 Å². The Hall–Kier alpha value is -3.38. The summed E-state index contributed by atoms with van der Waals surface area (Å²) in [5, 5.41) is 3.34. The van der Waals surface area contributed by atoms with Gasteiger partial charge in [0, 0.05) is 17.0 Å². The van der Waals surface area contributed by atoms with Gasteiger partial charge < -0.3 is 9.73 Å². The van der Waals surface area contributed by atoms with Crippen LogP contribution in [0.1, 0.15) is 11.1 Å². The summed E-state index contributed by atoms with van der Waals surface area (Å²) < 4.78 is 5.38. The molecular formula is C24H20N2O3S. The molecule has 1 amide bonds. The van der Waals surface area contributed by atoms with Crippen LogP contribution in [0.25, 0.3) is 22.4 Å². The summed E-state index contributed by atoms with van der Waals surface area (Å²) >= 11 is 1.57. The van der Waals surface area contributed by atoms with E-state index in [1.54, 1.807) is 54.2 Å². The third kappa shape index (κ3) is 4.60. The molecule has 3 aromatic carbocycles. The number of rotatable bonds is 6. The average molecular weight is 417 g/mol. The molecule has 1 heterocycles. The van der Waals surface area contributed by atoms with E-state index in [2.05, 4.69) is 29.4 Å². The number of fused-ring (bicyclic) bond motifs is 1. The van der Waals surface area contributed by atoms with E-state index in [4.69, 9.17) is 4.42 Å². The SMILES string of the molecule is Cc1ccccc1CSCC(=O)Nc1cccc(-c2nc3ccccc3c(=O)o2)c1. The van der Waals surface area contributed by atoms with E-state index in [1.165, 1.54) is 11.1 Å². The van der Waals surface area contributed by atoms with Crippen LogP contribution >= 0.6 is 11.8 Å². The Bertz CT molecular complexity index is 1270. The number of thioether (sulfide) groups is 1. The molecule has 0 atom stereocenters. The normalized spacial score (nSPS) is 10.8. The van der Waals surface area contributed by atoms with Gasteiger partial charge in [0.1, 0.15) is 0 Å². The number of aromatic nitrogens is 1. The van der Waals surface area contributed by atoms with Gasteiger partial charge in [-0.2, -0.15) is 0 Å². The summed E-state index contributed by atoms with van der Waals surface area (Å²) in [6.45, 7) is 2.07. The lowest BCUT2D eigenvalue weighted by atomic mass is 10.1. The fraction of sp³-hybridized carbons (Fsp3) is 0.125. The Morgan fingerprint density at radius 2 is 1.83 bits per heavy atom. The second-order valence-electron chi connectivity index (χ2n) is 6.87. The van der Waals surface area contributed by atoms with Crippen molar-refractivity contribution in [3.8, 4) is 11.5 Å². The lowest BCUT2D eigenvalue weighted by molar-refractivity contribution is -0.113. The molecule has 1 aromatic heterocycles. The van der Waals surface area contributed by atoms with E-state index in [0.717, 1.165) is 5.75 Å². The quantitative estimate of drug-likeness (QED) is 0.477. The highest BCUT2D eigenvalue weighted by molar-refractivity contribution is 7.99. The molecule has 150 valence electrons. The van der Waals surface area contributed by atoms with E-state index in [9.17, 15) is 9.59 Å². The van der Waals surface area contributed by atoms with E-state index in [-0.39, 0.29) is 11.8 Å². The number of anilines is 1. The molecule has 0 fully saturated rings. The van der Waals surface area contributed by atoms with Gasteiger partial charge in [0.15, 0.2) is 0 Å². The minimum Gasteiger partial charge on any atom is -0.403 e. The highest BCUT2D eigenvalue weighted by Gasteiger charge is 2.10. The molecule has 0 aliphatic heterocycles. The molecule has 4 aromatic rings. The molecule has 0 radical (unpaired) electrons. The van der Waals surface area contributed by atoms with Crippen LogP contribution in [0.15, 0.2) is 82.0 Å². The second kappa shape index (κ2) is 8.97. The molecule has 0 aliphatic rings. The molecule has 0 saturated carbocycles. The first-order valence-electron chi connectivity index (χ1n) is 9.52. The van der Waals surface area contributed by atoms with Crippen molar-refractivity contribution in [2.75, 3.05) is 11.1 Å². The summed E-state index contributed by atoms with van der Waals surface area (Å²) in [5.74, 6) is 1.27. The number of carbonyl (C=O) groups excluding carboxylic acids is 1. The predicted molar refractivity (Wildman–Crippen MR) is 122 cm³/mol. The first-order chi connectivity index (χ1) is 14.6. The predicted octanol–water partition coefficient (Wildman–Crippen LogP) is 5.04. The Balaban J connectivity index is 1.44. The van der Waals surface area contributed by atoms with Gasteiger partial charge in [-0.05, 0) is 48.4 Å². The number of nitrogens with one attached hydrogen (secondary N) is 1. The average Bonchev–Trinajstić information content (AvgIpc) is 2.75. The maximum absolute atomic E-state index is 12.3. The van der Waals surface area contributed by atoms with Crippen LogP contribution in [0.2, 0.25) is 0 Å². The fourth-order valence-corrected chi connectivity index (χ4v) is 4.00. The standard InChI is InChI=1S/C24H20N2O3S/c1-16-7-2-3-8-18(16)14-30-15-22(27)25-19-10-6-9-17(13-19)23-26-21-12-5-4-11-20(21)24(28)29-23/h2-13H,14-15H2,1H3,(H,25,27). The maximum Gasteiger partial charge on any atom is 0.347 e. The number of hydrogen-bond acceptors (Lipinski definition) is 5. The smallest absolute Gasteiger partial charge is 0.347 e. The van der Waals surface area contributed by atoms with Crippen molar-refractivity contribution in [1.29, 1.82) is 0 Å². The number of carbonyl (C=O) groups is 1. The molecule has 1 N–H and O–H groups in total. The minimum absolute atomic E-state index is 0.0846. The number of amides is 1. The third-order valence-corrected chi connectivity index (χ3v) is 5.66. The molecule has 0 bridgehead atoms. The van der Waals surface area contributed by atoms with Gasteiger partial charge in [0.05, 0.1) is 16.7 Å². The molecule has 0 spiro atoms. The molecule has 0 unspecified atom stereocenters. The van der Waals surface area contributed by atoms with Crippen LogP contribution in [0.4, 0.5) is 5.69 Å². The van der Waals surface area contributed by atoms with Crippen LogP contribution < -0.4 is 10.9 Å². The molecule has 30 heavy (non-hydrogen) atoms. The minimum atomic E-state index is -0.433. The summed E-state index contributed by atoms with van der Waals surface area (Å²) in [5.41, 5.74) is 3.86. The monoisotopic (exact) mass is 416 g/mol. The lowest BCUT2D eigenvalue weighted by Gasteiger charge is -2.08. The van der Waals surface area contributed by atoms with Crippen molar-refractivity contribution < 1.29 is 9.21 Å². The molecule has 4 rings (SSSR count). The lowest BCUT2D eigenvalue weighted by Crippen LogP contribution is -2.14. The van der Waals surface area contributed by atoms with Crippen molar-refractivity contribution >= 4 is 34.3 Å². The van der Waals surface area contributed by atoms with Crippen molar-refractivity contribution in [3.63, 3.8) is 0 Å². The van der Waals surface area contributed by atoms with E-state index in [1.807, 2.05) is 18.2 Å². The van der Waals surface area contributed by atoms with Gasteiger partial charge in [-0.15, -0.1) is 11.8 Å². The molecule has 0 aliphatic carbocycles. The summed E-state index contributed by atoms with van der Waals surface area (Å²) in [7, 11) is 0. The van der Waals surface area contributed by atoms with E-state index < -0.39 is 5.63 Å². The van der Waals surface area contributed by atoms with E-state index in [0.29, 0.717) is 27.9 Å². The Morgan fingerprint density at radius 1 is 1.03 bits per heavy atom. The van der Waals surface area contributed by atoms with Crippen LogP contribution in [0.3, 0.4) is 0 Å². The van der Waals surface area contributed by atoms with E-state index >= 15 is 0 Å². The summed E-state index contributed by atoms with van der Waals surface area (Å²) in [6, 6.07) is 22.4. The summed E-state index contributed by atoms with van der Waals surface area (Å²) in [4.78, 5) is 29.0. The van der Waals surface area contributed by atoms with Crippen LogP contribution in [0.5, 0.6) is 0 Å². The molecular weight excluding hydrogens is 396 g/mol. The van der Waals surface area contributed by atoms with Gasteiger partial charge in [-0.25, -0.2) is 9.78 Å². The number of nitrogens with zero attached hydrogens (tertiary/aromatic N) is 1. The highest BCUT2D eigenvalue weighted by Crippen LogP contribution is 2.22. The van der Waals surface area contributed by atoms with Gasteiger partial charge >= 0.3 is 5.63 Å². The number of hydrogen-bond donors (Lipinski definition) is 1. The van der Waals surface area contributed by atoms with Gasteiger partial charge in [0.2, 0.25) is 11.8 Å². The maximum atomic E-state index is 12.3. The molecule has 0 saturated heterocycles. The Morgan fingerprint density at radius 3 is 2.70 bits per heavy atom. The van der Waals surface area contributed by atoms with Crippen molar-refractivity contribution in [2.24, 2.45) is 0 Å². The van der Waals surface area contributed by atoms with Crippen LogP contribution in [-0.2, 0) is 10.5 Å². The number of aryl methyl sites for hydroxylation is 1. The number of para-hydroxylation sites is 1. The second-order valence-corrected chi connectivity index (χ2v) is 7.86. The van der Waals surface area contributed by atoms with Gasteiger partial charge in [-0.3, -0.25) is 4.79 Å². The van der Waals surface area contributed by atoms with Crippen LogP contribution in [-0.4, -0.2) is 16.6 Å². The van der Waals surface area contributed by atoms with Gasteiger partial charge in [0.25, 0.3) is 0 Å². The first kappa shape index (κ1) is 19.9. The molecule has 6 heteroatoms. The van der Waals surface area contributed by atoms with Crippen molar-refractivity contribution in [2.45, 2.75) is 12.7 Å². The Kier molecular flexibility index (Phi) is 5.95. The van der Waals surface area contributed by atoms with Crippen LogP contribution in [0, 0.1) is 6.92 Å². The topological polar surface area (TPSA) is 72.2 Å². The number of benzene rings is 3. The zero-order valence-corrected chi connectivity index (χ0v) is 17.2. The highest BCUT2D eigenvalue weighted by atomic mass is 32.2. The third-order valence-electron chi connectivity index (χ3n) is 4.68. The fourth-order valence-electron chi connectivity index (χ4n) is 3.09. The first-order valence-corrected chi connectivity index (χ1v) is 10.7.